The number of carbonyl (C=O) groups excluding carboxylic acids is 2. The Morgan fingerprint density at radius 3 is 2.38 bits per heavy atom. The van der Waals surface area contributed by atoms with Crippen molar-refractivity contribution in [1.82, 2.24) is 10.2 Å². The highest BCUT2D eigenvalue weighted by Gasteiger charge is 2.18. The summed E-state index contributed by atoms with van der Waals surface area (Å²) in [5, 5.41) is 5.64. The number of rotatable bonds is 7. The van der Waals surface area contributed by atoms with Crippen LogP contribution < -0.4 is 15.5 Å². The molecule has 1 aliphatic heterocycles. The molecule has 1 saturated heterocycles. The number of piperazine rings is 1. The molecule has 32 heavy (non-hydrogen) atoms. The predicted octanol–water partition coefficient (Wildman–Crippen LogP) is 3.98. The first-order valence-corrected chi connectivity index (χ1v) is 11.2. The van der Waals surface area contributed by atoms with Crippen molar-refractivity contribution in [2.24, 2.45) is 0 Å². The van der Waals surface area contributed by atoms with Crippen LogP contribution in [0.3, 0.4) is 0 Å². The zero-order valence-electron chi connectivity index (χ0n) is 19.3. The van der Waals surface area contributed by atoms with Crippen molar-refractivity contribution in [3.63, 3.8) is 0 Å². The third-order valence-corrected chi connectivity index (χ3v) is 5.20. The predicted molar refractivity (Wildman–Crippen MR) is 128 cm³/mol. The Bertz CT molecular complexity index is 888. The van der Waals surface area contributed by atoms with E-state index >= 15 is 0 Å². The van der Waals surface area contributed by atoms with Gasteiger partial charge in [-0.15, -0.1) is 0 Å². The fraction of sp³-hybridized carbons (Fsp3) is 0.440. The maximum Gasteiger partial charge on any atom is 0.412 e. The average molecular weight is 439 g/mol. The number of anilines is 2. The van der Waals surface area contributed by atoms with Crippen LogP contribution in [-0.2, 0) is 4.74 Å². The number of nitrogens with one attached hydrogen (secondary N) is 2. The second-order valence-electron chi connectivity index (χ2n) is 8.98. The largest absolute Gasteiger partial charge is 0.444 e. The van der Waals surface area contributed by atoms with Gasteiger partial charge in [0.15, 0.2) is 0 Å². The summed E-state index contributed by atoms with van der Waals surface area (Å²) in [6, 6.07) is 17.4. The highest BCUT2D eigenvalue weighted by Crippen LogP contribution is 2.16. The molecule has 2 amide bonds. The number of hydrogen-bond donors (Lipinski definition) is 2. The molecule has 0 saturated carbocycles. The molecule has 7 heteroatoms. The molecule has 0 aliphatic carbocycles. The van der Waals surface area contributed by atoms with Crippen LogP contribution in [0.25, 0.3) is 0 Å². The molecule has 0 atom stereocenters. The van der Waals surface area contributed by atoms with E-state index < -0.39 is 11.7 Å². The maximum absolute atomic E-state index is 12.5. The SMILES string of the molecule is CC(C)(C)OC(=O)Nc1cccc(C(=O)NCCCN2CCN(c3ccccc3)CC2)c1. The van der Waals surface area contributed by atoms with Gasteiger partial charge >= 0.3 is 6.09 Å². The van der Waals surface area contributed by atoms with E-state index in [1.807, 2.05) is 6.07 Å². The lowest BCUT2D eigenvalue weighted by Gasteiger charge is -2.36. The first-order valence-electron chi connectivity index (χ1n) is 11.2. The summed E-state index contributed by atoms with van der Waals surface area (Å²) in [5.41, 5.74) is 1.74. The minimum absolute atomic E-state index is 0.147. The van der Waals surface area contributed by atoms with E-state index in [0.717, 1.165) is 39.1 Å². The molecule has 172 valence electrons. The minimum atomic E-state index is -0.576. The molecule has 1 fully saturated rings. The van der Waals surface area contributed by atoms with E-state index in [0.29, 0.717) is 17.8 Å². The van der Waals surface area contributed by atoms with Crippen LogP contribution in [0.2, 0.25) is 0 Å². The molecule has 3 rings (SSSR count). The highest BCUT2D eigenvalue weighted by atomic mass is 16.6. The molecule has 0 spiro atoms. The van der Waals surface area contributed by atoms with Crippen molar-refractivity contribution < 1.29 is 14.3 Å². The van der Waals surface area contributed by atoms with Gasteiger partial charge < -0.3 is 15.0 Å². The van der Waals surface area contributed by atoms with Crippen molar-refractivity contribution >= 4 is 23.4 Å². The Labute approximate surface area is 190 Å². The molecule has 0 radical (unpaired) electrons. The van der Waals surface area contributed by atoms with Crippen LogP contribution in [0.4, 0.5) is 16.2 Å². The van der Waals surface area contributed by atoms with E-state index in [1.54, 1.807) is 45.0 Å². The first kappa shape index (κ1) is 23.6. The lowest BCUT2D eigenvalue weighted by atomic mass is 10.2. The Hall–Kier alpha value is -3.06. The third kappa shape index (κ3) is 7.57. The summed E-state index contributed by atoms with van der Waals surface area (Å²) >= 11 is 0. The van der Waals surface area contributed by atoms with Gasteiger partial charge in [-0.25, -0.2) is 4.79 Å². The molecule has 2 aromatic carbocycles. The van der Waals surface area contributed by atoms with Crippen LogP contribution in [0, 0.1) is 0 Å². The van der Waals surface area contributed by atoms with Gasteiger partial charge in [-0.2, -0.15) is 0 Å². The molecule has 2 aromatic rings. The molecular weight excluding hydrogens is 404 g/mol. The fourth-order valence-electron chi connectivity index (χ4n) is 3.63. The number of nitrogens with zero attached hydrogens (tertiary/aromatic N) is 2. The summed E-state index contributed by atoms with van der Waals surface area (Å²) in [7, 11) is 0. The third-order valence-electron chi connectivity index (χ3n) is 5.20. The van der Waals surface area contributed by atoms with Gasteiger partial charge in [-0.05, 0) is 64.1 Å². The van der Waals surface area contributed by atoms with Crippen molar-refractivity contribution in [3.05, 3.63) is 60.2 Å². The van der Waals surface area contributed by atoms with Crippen LogP contribution >= 0.6 is 0 Å². The van der Waals surface area contributed by atoms with Crippen LogP contribution in [-0.4, -0.2) is 61.8 Å². The maximum atomic E-state index is 12.5. The lowest BCUT2D eigenvalue weighted by Crippen LogP contribution is -2.47. The van der Waals surface area contributed by atoms with E-state index in [1.165, 1.54) is 5.69 Å². The summed E-state index contributed by atoms with van der Waals surface area (Å²) in [5.74, 6) is -0.147. The van der Waals surface area contributed by atoms with E-state index in [4.69, 9.17) is 4.74 Å². The lowest BCUT2D eigenvalue weighted by molar-refractivity contribution is 0.0635. The van der Waals surface area contributed by atoms with Crippen molar-refractivity contribution in [2.45, 2.75) is 32.8 Å². The second-order valence-corrected chi connectivity index (χ2v) is 8.98. The van der Waals surface area contributed by atoms with E-state index in [9.17, 15) is 9.59 Å². The van der Waals surface area contributed by atoms with Gasteiger partial charge in [0.2, 0.25) is 0 Å². The van der Waals surface area contributed by atoms with E-state index in [-0.39, 0.29) is 5.91 Å². The topological polar surface area (TPSA) is 73.9 Å². The summed E-state index contributed by atoms with van der Waals surface area (Å²) in [6.45, 7) is 11.1. The molecule has 2 N–H and O–H groups in total. The van der Waals surface area contributed by atoms with Gasteiger partial charge in [0.05, 0.1) is 0 Å². The molecular formula is C25H34N4O3. The Balaban J connectivity index is 1.37. The zero-order chi connectivity index (χ0) is 23.0. The average Bonchev–Trinajstić information content (AvgIpc) is 2.76. The van der Waals surface area contributed by atoms with Crippen molar-refractivity contribution in [2.75, 3.05) is 49.5 Å². The van der Waals surface area contributed by atoms with Crippen LogP contribution in [0.15, 0.2) is 54.6 Å². The molecule has 0 unspecified atom stereocenters. The van der Waals surface area contributed by atoms with Gasteiger partial charge in [0, 0.05) is 49.7 Å². The second kappa shape index (κ2) is 11.0. The molecule has 0 aromatic heterocycles. The van der Waals surface area contributed by atoms with Crippen LogP contribution in [0.5, 0.6) is 0 Å². The van der Waals surface area contributed by atoms with Crippen molar-refractivity contribution in [3.8, 4) is 0 Å². The number of ether oxygens (including phenoxy) is 1. The number of benzene rings is 2. The van der Waals surface area contributed by atoms with Gasteiger partial charge in [-0.1, -0.05) is 24.3 Å². The number of carbonyl (C=O) groups is 2. The van der Waals surface area contributed by atoms with Gasteiger partial charge in [0.25, 0.3) is 5.91 Å². The summed E-state index contributed by atoms with van der Waals surface area (Å²) < 4.78 is 5.25. The fourth-order valence-corrected chi connectivity index (χ4v) is 3.63. The summed E-state index contributed by atoms with van der Waals surface area (Å²) in [4.78, 5) is 29.3. The zero-order valence-corrected chi connectivity index (χ0v) is 19.3. The Morgan fingerprint density at radius 2 is 1.69 bits per heavy atom. The van der Waals surface area contributed by atoms with Crippen molar-refractivity contribution in [1.29, 1.82) is 0 Å². The monoisotopic (exact) mass is 438 g/mol. The Kier molecular flexibility index (Phi) is 8.11. The minimum Gasteiger partial charge on any atom is -0.444 e. The Morgan fingerprint density at radius 1 is 0.969 bits per heavy atom. The summed E-state index contributed by atoms with van der Waals surface area (Å²) in [6.07, 6.45) is 0.356. The highest BCUT2D eigenvalue weighted by molar-refractivity contribution is 5.96. The first-order chi connectivity index (χ1) is 15.3. The standard InChI is InChI=1S/C25H34N4O3/c1-25(2,3)32-24(31)27-21-10-7-9-20(19-21)23(30)26-13-8-14-28-15-17-29(18-16-28)22-11-5-4-6-12-22/h4-7,9-12,19H,8,13-18H2,1-3H3,(H,26,30)(H,27,31). The van der Waals surface area contributed by atoms with Crippen LogP contribution in [0.1, 0.15) is 37.6 Å². The molecule has 1 heterocycles. The quantitative estimate of drug-likeness (QED) is 0.640. The number of para-hydroxylation sites is 1. The van der Waals surface area contributed by atoms with Gasteiger partial charge in [0.1, 0.15) is 5.60 Å². The number of hydrogen-bond acceptors (Lipinski definition) is 5. The number of amides is 2. The molecule has 0 bridgehead atoms. The normalized spacial score (nSPS) is 14.7. The van der Waals surface area contributed by atoms with Gasteiger partial charge in [-0.3, -0.25) is 15.0 Å². The van der Waals surface area contributed by atoms with E-state index in [2.05, 4.69) is 44.7 Å². The molecule has 1 aliphatic rings. The molecule has 7 nitrogen and oxygen atoms in total. The smallest absolute Gasteiger partial charge is 0.412 e.